The Balaban J connectivity index is 1.44. The molecule has 0 aliphatic heterocycles. The van der Waals surface area contributed by atoms with E-state index in [0.29, 0.717) is 5.69 Å². The van der Waals surface area contributed by atoms with Crippen molar-refractivity contribution in [3.8, 4) is 11.1 Å². The monoisotopic (exact) mass is 495 g/mol. The highest BCUT2D eigenvalue weighted by Crippen LogP contribution is 2.44. The van der Waals surface area contributed by atoms with Gasteiger partial charge in [0.05, 0.1) is 12.8 Å². The zero-order chi connectivity index (χ0) is 25.1. The molecule has 0 fully saturated rings. The molecule has 1 amide bonds. The fraction of sp³-hybridized carbons (Fsp3) is 0.231. The molecule has 1 unspecified atom stereocenters. The summed E-state index contributed by atoms with van der Waals surface area (Å²) in [5, 5.41) is 12.0. The first-order valence-corrected chi connectivity index (χ1v) is 13.0. The van der Waals surface area contributed by atoms with Crippen molar-refractivity contribution in [3.63, 3.8) is 0 Å². The second-order valence-electron chi connectivity index (χ2n) is 8.49. The van der Waals surface area contributed by atoms with Crippen molar-refractivity contribution in [2.75, 3.05) is 32.5 Å². The van der Waals surface area contributed by atoms with Gasteiger partial charge in [-0.2, -0.15) is 12.3 Å². The molecule has 0 spiro atoms. The number of carboxylic acids is 1. The zero-order valence-electron chi connectivity index (χ0n) is 19.3. The maximum Gasteiger partial charge on any atom is 0.407 e. The maximum atomic E-state index is 12.8. The first kappa shape index (κ1) is 24.4. The number of aliphatic carboxylic acids is 1. The van der Waals surface area contributed by atoms with E-state index >= 15 is 0 Å². The standard InChI is InChI=1S/C26H26N2O6S/c1-35(32,33)28(17-25(29)30,19-9-3-2-4-10-19)16-15-27-26(31)34-18-24-22-13-7-5-11-20(22)21-12-6-8-14-23(21)24/h2-14,24H,15-18H2,1H3,(H-,27,29,30,31)/p+1. The minimum absolute atomic E-state index is 0.0914. The molecular formula is C26H27N2O6S+. The van der Waals surface area contributed by atoms with Crippen LogP contribution in [-0.4, -0.2) is 58.1 Å². The number of benzene rings is 3. The highest BCUT2D eigenvalue weighted by Gasteiger charge is 2.43. The Morgan fingerprint density at radius 2 is 1.46 bits per heavy atom. The molecule has 3 aromatic carbocycles. The van der Waals surface area contributed by atoms with E-state index in [1.54, 1.807) is 30.3 Å². The fourth-order valence-corrected chi connectivity index (χ4v) is 5.95. The van der Waals surface area contributed by atoms with Crippen molar-refractivity contribution >= 4 is 27.8 Å². The van der Waals surface area contributed by atoms with Crippen molar-refractivity contribution in [1.82, 2.24) is 9.21 Å². The Bertz CT molecular complexity index is 1300. The van der Waals surface area contributed by atoms with Gasteiger partial charge in [-0.05, 0) is 22.3 Å². The minimum atomic E-state index is -3.90. The van der Waals surface area contributed by atoms with Gasteiger partial charge in [-0.1, -0.05) is 66.7 Å². The number of carbonyl (C=O) groups excluding carboxylic acids is 1. The van der Waals surface area contributed by atoms with Crippen molar-refractivity contribution in [1.29, 1.82) is 0 Å². The van der Waals surface area contributed by atoms with Gasteiger partial charge in [0.1, 0.15) is 18.8 Å². The summed E-state index contributed by atoms with van der Waals surface area (Å²) in [6.07, 6.45) is 0.304. The third-order valence-corrected chi connectivity index (χ3v) is 8.13. The molecule has 9 heteroatoms. The van der Waals surface area contributed by atoms with E-state index in [1.165, 1.54) is 0 Å². The number of nitrogens with zero attached hydrogens (tertiary/aromatic N) is 1. The first-order valence-electron chi connectivity index (χ1n) is 11.2. The average molecular weight is 496 g/mol. The lowest BCUT2D eigenvalue weighted by atomic mass is 9.98. The zero-order valence-corrected chi connectivity index (χ0v) is 20.1. The van der Waals surface area contributed by atoms with Crippen molar-refractivity contribution in [2.45, 2.75) is 5.92 Å². The van der Waals surface area contributed by atoms with E-state index in [9.17, 15) is 23.1 Å². The van der Waals surface area contributed by atoms with Crippen LogP contribution in [0, 0.1) is 0 Å². The van der Waals surface area contributed by atoms with Crippen LogP contribution in [0.5, 0.6) is 0 Å². The Labute approximate surface area is 204 Å². The number of amides is 1. The third-order valence-electron chi connectivity index (χ3n) is 6.34. The van der Waals surface area contributed by atoms with E-state index in [4.69, 9.17) is 4.74 Å². The molecule has 1 aliphatic carbocycles. The van der Waals surface area contributed by atoms with Crippen LogP contribution in [0.4, 0.5) is 10.5 Å². The molecule has 0 saturated carbocycles. The third kappa shape index (κ3) is 4.91. The molecule has 0 aromatic heterocycles. The van der Waals surface area contributed by atoms with E-state index in [0.717, 1.165) is 28.5 Å². The molecule has 8 nitrogen and oxygen atoms in total. The Morgan fingerprint density at radius 1 is 0.914 bits per heavy atom. The van der Waals surface area contributed by atoms with Crippen molar-refractivity contribution in [2.24, 2.45) is 0 Å². The van der Waals surface area contributed by atoms with E-state index in [-0.39, 0.29) is 25.6 Å². The summed E-state index contributed by atoms with van der Waals surface area (Å²) in [6.45, 7) is -0.805. The van der Waals surface area contributed by atoms with Gasteiger partial charge in [0.25, 0.3) is 10.0 Å². The van der Waals surface area contributed by atoms with Gasteiger partial charge < -0.3 is 15.2 Å². The number of carbonyl (C=O) groups is 2. The normalized spacial score (nSPS) is 14.4. The summed E-state index contributed by atoms with van der Waals surface area (Å²) in [7, 11) is -3.90. The van der Waals surface area contributed by atoms with Crippen LogP contribution in [0.3, 0.4) is 0 Å². The van der Waals surface area contributed by atoms with Gasteiger partial charge in [0, 0.05) is 18.1 Å². The number of alkyl carbamates (subject to hydrolysis) is 1. The number of carboxylic acid groups (broad SMARTS) is 1. The molecule has 0 heterocycles. The first-order chi connectivity index (χ1) is 16.7. The maximum absolute atomic E-state index is 12.8. The number of ether oxygens (including phenoxy) is 1. The molecule has 2 N–H and O–H groups in total. The molecule has 0 radical (unpaired) electrons. The van der Waals surface area contributed by atoms with Crippen LogP contribution < -0.4 is 9.21 Å². The van der Waals surface area contributed by atoms with Gasteiger partial charge in [-0.3, -0.25) is 0 Å². The number of nitrogens with one attached hydrogen (secondary N) is 1. The predicted octanol–water partition coefficient (Wildman–Crippen LogP) is 3.58. The molecule has 3 aromatic rings. The smallest absolute Gasteiger partial charge is 0.407 e. The van der Waals surface area contributed by atoms with Gasteiger partial charge in [-0.15, -0.1) is 0 Å². The fourth-order valence-electron chi connectivity index (χ4n) is 4.68. The number of para-hydroxylation sites is 1. The summed E-state index contributed by atoms with van der Waals surface area (Å²) in [4.78, 5) is 24.1. The minimum Gasteiger partial charge on any atom is -0.477 e. The van der Waals surface area contributed by atoms with Gasteiger partial charge >= 0.3 is 12.1 Å². The van der Waals surface area contributed by atoms with Gasteiger partial charge in [0.2, 0.25) is 0 Å². The highest BCUT2D eigenvalue weighted by atomic mass is 32.2. The summed E-state index contributed by atoms with van der Waals surface area (Å²) in [5.41, 5.74) is 4.71. The van der Waals surface area contributed by atoms with Crippen LogP contribution in [0.1, 0.15) is 17.0 Å². The van der Waals surface area contributed by atoms with Crippen molar-refractivity contribution in [3.05, 3.63) is 90.0 Å². The molecule has 4 rings (SSSR count). The van der Waals surface area contributed by atoms with Crippen LogP contribution >= 0.6 is 0 Å². The van der Waals surface area contributed by atoms with Crippen LogP contribution in [-0.2, 0) is 19.6 Å². The summed E-state index contributed by atoms with van der Waals surface area (Å²) in [5.74, 6) is -1.37. The molecule has 35 heavy (non-hydrogen) atoms. The van der Waals surface area contributed by atoms with Crippen LogP contribution in [0.25, 0.3) is 11.1 Å². The summed E-state index contributed by atoms with van der Waals surface area (Å²) >= 11 is 0. The van der Waals surface area contributed by atoms with E-state index < -0.39 is 32.5 Å². The lowest BCUT2D eigenvalue weighted by molar-refractivity contribution is -0.137. The largest absolute Gasteiger partial charge is 0.477 e. The number of quaternary nitrogens is 1. The van der Waals surface area contributed by atoms with Gasteiger partial charge in [-0.25, -0.2) is 9.59 Å². The number of hydrogen-bond acceptors (Lipinski definition) is 5. The lowest BCUT2D eigenvalue weighted by Crippen LogP contribution is -2.59. The van der Waals surface area contributed by atoms with E-state index in [2.05, 4.69) is 5.32 Å². The molecular weight excluding hydrogens is 468 g/mol. The molecule has 0 bridgehead atoms. The SMILES string of the molecule is CS(=O)(=O)[N+](CCNC(=O)OCC1c2ccccc2-c2ccccc21)(CC(=O)O)c1ccccc1. The number of fused-ring (bicyclic) bond motifs is 3. The predicted molar refractivity (Wildman–Crippen MR) is 134 cm³/mol. The van der Waals surface area contributed by atoms with Crippen LogP contribution in [0.2, 0.25) is 0 Å². The number of hydrogen-bond donors (Lipinski definition) is 2. The topological polar surface area (TPSA) is 110 Å². The second-order valence-corrected chi connectivity index (χ2v) is 10.7. The molecule has 1 aliphatic rings. The molecule has 0 saturated heterocycles. The Morgan fingerprint density at radius 3 is 2.00 bits per heavy atom. The average Bonchev–Trinajstić information content (AvgIpc) is 3.15. The second kappa shape index (κ2) is 9.89. The number of sulfonamides is 1. The van der Waals surface area contributed by atoms with Gasteiger partial charge in [0.15, 0.2) is 6.54 Å². The Hall–Kier alpha value is -3.69. The van der Waals surface area contributed by atoms with Crippen molar-refractivity contribution < 1.29 is 27.9 Å². The summed E-state index contributed by atoms with van der Waals surface area (Å²) < 4.78 is 30.2. The highest BCUT2D eigenvalue weighted by molar-refractivity contribution is 7.90. The van der Waals surface area contributed by atoms with E-state index in [1.807, 2.05) is 48.5 Å². The summed E-state index contributed by atoms with van der Waals surface area (Å²) in [6, 6.07) is 24.1. The molecule has 182 valence electrons. The number of rotatable bonds is 9. The lowest BCUT2D eigenvalue weighted by Gasteiger charge is -2.33. The van der Waals surface area contributed by atoms with Crippen LogP contribution in [0.15, 0.2) is 78.9 Å². The quantitative estimate of drug-likeness (QED) is 0.439. The Kier molecular flexibility index (Phi) is 6.90. The molecule has 1 atom stereocenters.